The zero-order valence-corrected chi connectivity index (χ0v) is 15.2. The molecule has 27 heavy (non-hydrogen) atoms. The summed E-state index contributed by atoms with van der Waals surface area (Å²) in [6.45, 7) is 2.17. The molecule has 0 aliphatic carbocycles. The van der Waals surface area contributed by atoms with Gasteiger partial charge >= 0.3 is 0 Å². The molecule has 0 atom stereocenters. The van der Waals surface area contributed by atoms with E-state index in [2.05, 4.69) is 15.0 Å². The smallest absolute Gasteiger partial charge is 0.271 e. The first-order valence-corrected chi connectivity index (χ1v) is 9.27. The van der Waals surface area contributed by atoms with Crippen molar-refractivity contribution in [2.24, 2.45) is 0 Å². The summed E-state index contributed by atoms with van der Waals surface area (Å²) in [7, 11) is 0. The quantitative estimate of drug-likeness (QED) is 0.477. The number of oxazole rings is 1. The first-order valence-electron chi connectivity index (χ1n) is 8.45. The van der Waals surface area contributed by atoms with Crippen molar-refractivity contribution in [3.63, 3.8) is 0 Å². The molecule has 4 heterocycles. The molecular formula is C20H14N4O2S. The highest BCUT2D eigenvalue weighted by Gasteiger charge is 2.15. The average Bonchev–Trinajstić information content (AvgIpc) is 3.26. The third kappa shape index (κ3) is 2.63. The van der Waals surface area contributed by atoms with Crippen LogP contribution in [0.15, 0.2) is 64.2 Å². The van der Waals surface area contributed by atoms with Crippen LogP contribution in [0.25, 0.3) is 31.9 Å². The normalized spacial score (nSPS) is 11.4. The third-order valence-corrected chi connectivity index (χ3v) is 5.55. The Bertz CT molecular complexity index is 1330. The molecule has 4 aromatic heterocycles. The lowest BCUT2D eigenvalue weighted by Gasteiger charge is -2.02. The average molecular weight is 374 g/mol. The Balaban J connectivity index is 1.57. The Morgan fingerprint density at radius 3 is 2.81 bits per heavy atom. The molecule has 0 bridgehead atoms. The maximum absolute atomic E-state index is 12.9. The SMILES string of the molecule is Cc1oc(-c2ccccc2)nc1Cn1cnc2c(sc3ncccc32)c1=O. The molecule has 6 nitrogen and oxygen atoms in total. The lowest BCUT2D eigenvalue weighted by Crippen LogP contribution is -2.20. The number of hydrogen-bond acceptors (Lipinski definition) is 6. The van der Waals surface area contributed by atoms with Crippen LogP contribution in [0.2, 0.25) is 0 Å². The van der Waals surface area contributed by atoms with E-state index < -0.39 is 0 Å². The fourth-order valence-electron chi connectivity index (χ4n) is 3.06. The van der Waals surface area contributed by atoms with Gasteiger partial charge in [0.15, 0.2) is 0 Å². The largest absolute Gasteiger partial charge is 0.441 e. The van der Waals surface area contributed by atoms with Gasteiger partial charge < -0.3 is 4.42 Å². The predicted octanol–water partition coefficient (Wildman–Crippen LogP) is 4.02. The van der Waals surface area contributed by atoms with E-state index in [1.165, 1.54) is 11.3 Å². The molecule has 0 saturated heterocycles. The number of fused-ring (bicyclic) bond motifs is 3. The summed E-state index contributed by atoms with van der Waals surface area (Å²) in [5.74, 6) is 1.25. The maximum Gasteiger partial charge on any atom is 0.271 e. The highest BCUT2D eigenvalue weighted by molar-refractivity contribution is 7.25. The fourth-order valence-corrected chi connectivity index (χ4v) is 4.10. The van der Waals surface area contributed by atoms with Crippen LogP contribution >= 0.6 is 11.3 Å². The zero-order chi connectivity index (χ0) is 18.4. The Morgan fingerprint density at radius 2 is 1.96 bits per heavy atom. The van der Waals surface area contributed by atoms with Crippen molar-refractivity contribution in [3.8, 4) is 11.5 Å². The van der Waals surface area contributed by atoms with Crippen LogP contribution < -0.4 is 5.56 Å². The number of rotatable bonds is 3. The van der Waals surface area contributed by atoms with Crippen LogP contribution in [-0.2, 0) is 6.54 Å². The van der Waals surface area contributed by atoms with Gasteiger partial charge in [0.1, 0.15) is 21.0 Å². The predicted molar refractivity (Wildman–Crippen MR) is 105 cm³/mol. The van der Waals surface area contributed by atoms with E-state index in [1.54, 1.807) is 17.1 Å². The van der Waals surface area contributed by atoms with Crippen LogP contribution in [-0.4, -0.2) is 19.5 Å². The molecule has 132 valence electrons. The molecule has 0 amide bonds. The van der Waals surface area contributed by atoms with E-state index in [1.807, 2.05) is 49.4 Å². The molecule has 5 aromatic rings. The molecule has 0 radical (unpaired) electrons. The second kappa shape index (κ2) is 6.14. The Kier molecular flexibility index (Phi) is 3.61. The summed E-state index contributed by atoms with van der Waals surface area (Å²) in [6.07, 6.45) is 3.29. The van der Waals surface area contributed by atoms with Gasteiger partial charge in [-0.15, -0.1) is 11.3 Å². The van der Waals surface area contributed by atoms with Gasteiger partial charge in [0.25, 0.3) is 5.56 Å². The highest BCUT2D eigenvalue weighted by atomic mass is 32.1. The molecule has 0 aliphatic heterocycles. The Hall–Kier alpha value is -3.32. The molecule has 0 N–H and O–H groups in total. The minimum atomic E-state index is -0.0911. The van der Waals surface area contributed by atoms with Gasteiger partial charge in [0.05, 0.1) is 18.4 Å². The van der Waals surface area contributed by atoms with Crippen molar-refractivity contribution < 1.29 is 4.42 Å². The van der Waals surface area contributed by atoms with Crippen molar-refractivity contribution in [2.45, 2.75) is 13.5 Å². The first-order chi connectivity index (χ1) is 13.2. The summed E-state index contributed by atoms with van der Waals surface area (Å²) in [4.78, 5) is 27.2. The summed E-state index contributed by atoms with van der Waals surface area (Å²) < 4.78 is 7.97. The number of thiophene rings is 1. The minimum absolute atomic E-state index is 0.0911. The summed E-state index contributed by atoms with van der Waals surface area (Å²) in [5, 5.41) is 0.908. The lowest BCUT2D eigenvalue weighted by atomic mass is 10.2. The van der Waals surface area contributed by atoms with Crippen LogP contribution in [0.4, 0.5) is 0 Å². The number of pyridine rings is 1. The van der Waals surface area contributed by atoms with E-state index in [0.717, 1.165) is 21.5 Å². The topological polar surface area (TPSA) is 73.8 Å². The highest BCUT2D eigenvalue weighted by Crippen LogP contribution is 2.28. The number of aromatic nitrogens is 4. The molecule has 0 saturated carbocycles. The van der Waals surface area contributed by atoms with Crippen molar-refractivity contribution in [1.82, 2.24) is 19.5 Å². The number of hydrogen-bond donors (Lipinski definition) is 0. The number of nitrogens with zero attached hydrogens (tertiary/aromatic N) is 4. The van der Waals surface area contributed by atoms with Crippen LogP contribution in [0.5, 0.6) is 0 Å². The van der Waals surface area contributed by atoms with Crippen LogP contribution in [0, 0.1) is 6.92 Å². The zero-order valence-electron chi connectivity index (χ0n) is 14.4. The van der Waals surface area contributed by atoms with E-state index in [4.69, 9.17) is 4.42 Å². The van der Waals surface area contributed by atoms with Gasteiger partial charge in [-0.1, -0.05) is 18.2 Å². The third-order valence-electron chi connectivity index (χ3n) is 4.45. The molecule has 7 heteroatoms. The lowest BCUT2D eigenvalue weighted by molar-refractivity contribution is 0.537. The van der Waals surface area contributed by atoms with Gasteiger partial charge in [-0.3, -0.25) is 9.36 Å². The van der Waals surface area contributed by atoms with Gasteiger partial charge in [0, 0.05) is 17.1 Å². The van der Waals surface area contributed by atoms with Gasteiger partial charge in [-0.05, 0) is 31.2 Å². The van der Waals surface area contributed by atoms with Crippen LogP contribution in [0.3, 0.4) is 0 Å². The Morgan fingerprint density at radius 1 is 1.11 bits per heavy atom. The van der Waals surface area contributed by atoms with Gasteiger partial charge in [-0.25, -0.2) is 15.0 Å². The summed E-state index contributed by atoms with van der Waals surface area (Å²) in [5.41, 5.74) is 2.23. The van der Waals surface area contributed by atoms with E-state index in [9.17, 15) is 4.79 Å². The fraction of sp³-hybridized carbons (Fsp3) is 0.100. The molecular weight excluding hydrogens is 360 g/mol. The maximum atomic E-state index is 12.9. The van der Waals surface area contributed by atoms with Crippen molar-refractivity contribution >= 4 is 31.8 Å². The summed E-state index contributed by atoms with van der Waals surface area (Å²) >= 11 is 1.37. The molecule has 1 aromatic carbocycles. The minimum Gasteiger partial charge on any atom is -0.441 e. The second-order valence-corrected chi connectivity index (χ2v) is 7.20. The number of benzene rings is 1. The molecule has 0 aliphatic rings. The van der Waals surface area contributed by atoms with Gasteiger partial charge in [-0.2, -0.15) is 0 Å². The molecule has 0 unspecified atom stereocenters. The number of aryl methyl sites for hydroxylation is 1. The van der Waals surface area contributed by atoms with Gasteiger partial charge in [0.2, 0.25) is 5.89 Å². The van der Waals surface area contributed by atoms with Crippen molar-refractivity contribution in [3.05, 3.63) is 76.8 Å². The van der Waals surface area contributed by atoms with Crippen molar-refractivity contribution in [2.75, 3.05) is 0 Å². The Labute approximate surface area is 157 Å². The van der Waals surface area contributed by atoms with Crippen LogP contribution in [0.1, 0.15) is 11.5 Å². The molecule has 0 spiro atoms. The van der Waals surface area contributed by atoms with E-state index in [0.29, 0.717) is 28.4 Å². The molecule has 0 fully saturated rings. The standard InChI is InChI=1S/C20H14N4O2S/c1-12-15(23-18(26-12)13-6-3-2-4-7-13)10-24-11-22-16-14-8-5-9-21-19(14)27-17(16)20(24)25/h2-9,11H,10H2,1H3. The monoisotopic (exact) mass is 374 g/mol. The first kappa shape index (κ1) is 15.9. The van der Waals surface area contributed by atoms with E-state index in [-0.39, 0.29) is 5.56 Å². The molecule has 5 rings (SSSR count). The summed E-state index contributed by atoms with van der Waals surface area (Å²) in [6, 6.07) is 13.5. The second-order valence-electron chi connectivity index (χ2n) is 6.20. The van der Waals surface area contributed by atoms with E-state index >= 15 is 0 Å². The van der Waals surface area contributed by atoms with Crippen molar-refractivity contribution in [1.29, 1.82) is 0 Å².